The SMILES string of the molecule is c1ccc2c(c1)CCN2CCNSc1ccc2c(c1)OCCO2. The van der Waals surface area contributed by atoms with E-state index >= 15 is 0 Å². The van der Waals surface area contributed by atoms with Crippen LogP contribution in [0.5, 0.6) is 11.5 Å². The molecule has 120 valence electrons. The van der Waals surface area contributed by atoms with Crippen LogP contribution in [0.4, 0.5) is 5.69 Å². The zero-order chi connectivity index (χ0) is 15.5. The van der Waals surface area contributed by atoms with Crippen molar-refractivity contribution in [3.63, 3.8) is 0 Å². The van der Waals surface area contributed by atoms with Crippen molar-refractivity contribution in [3.8, 4) is 11.5 Å². The van der Waals surface area contributed by atoms with Gasteiger partial charge in [-0.2, -0.15) is 0 Å². The standard InChI is InChI=1S/C18H20N2O2S/c1-2-4-16-14(3-1)7-9-20(16)10-8-19-23-15-5-6-17-18(13-15)22-12-11-21-17/h1-6,13,19H,7-12H2. The predicted molar refractivity (Wildman–Crippen MR) is 93.7 cm³/mol. The smallest absolute Gasteiger partial charge is 0.162 e. The number of para-hydroxylation sites is 1. The third-order valence-electron chi connectivity index (χ3n) is 4.17. The molecule has 0 aromatic heterocycles. The molecule has 0 amide bonds. The van der Waals surface area contributed by atoms with Gasteiger partial charge in [0.2, 0.25) is 0 Å². The maximum absolute atomic E-state index is 5.62. The van der Waals surface area contributed by atoms with Gasteiger partial charge in [-0.15, -0.1) is 0 Å². The summed E-state index contributed by atoms with van der Waals surface area (Å²) in [5.74, 6) is 1.69. The maximum atomic E-state index is 5.62. The maximum Gasteiger partial charge on any atom is 0.162 e. The highest BCUT2D eigenvalue weighted by molar-refractivity contribution is 7.97. The third-order valence-corrected chi connectivity index (χ3v) is 5.01. The molecule has 2 aliphatic heterocycles. The van der Waals surface area contributed by atoms with Crippen LogP contribution < -0.4 is 19.1 Å². The molecule has 4 rings (SSSR count). The highest BCUT2D eigenvalue weighted by atomic mass is 32.2. The topological polar surface area (TPSA) is 33.7 Å². The lowest BCUT2D eigenvalue weighted by molar-refractivity contribution is 0.171. The minimum Gasteiger partial charge on any atom is -0.486 e. The normalized spacial score (nSPS) is 15.6. The van der Waals surface area contributed by atoms with Gasteiger partial charge in [0.15, 0.2) is 11.5 Å². The van der Waals surface area contributed by atoms with Crippen molar-refractivity contribution in [2.45, 2.75) is 11.3 Å². The van der Waals surface area contributed by atoms with E-state index in [-0.39, 0.29) is 0 Å². The number of rotatable bonds is 5. The molecule has 2 heterocycles. The summed E-state index contributed by atoms with van der Waals surface area (Å²) in [7, 11) is 0. The summed E-state index contributed by atoms with van der Waals surface area (Å²) in [6, 6.07) is 14.8. The highest BCUT2D eigenvalue weighted by Gasteiger charge is 2.17. The van der Waals surface area contributed by atoms with Crippen LogP contribution in [0.1, 0.15) is 5.56 Å². The molecule has 0 fully saturated rings. The molecule has 0 unspecified atom stereocenters. The van der Waals surface area contributed by atoms with Crippen LogP contribution in [-0.2, 0) is 6.42 Å². The molecule has 0 radical (unpaired) electrons. The van der Waals surface area contributed by atoms with Crippen LogP contribution in [-0.4, -0.2) is 32.8 Å². The summed E-state index contributed by atoms with van der Waals surface area (Å²) >= 11 is 1.65. The van der Waals surface area contributed by atoms with E-state index in [1.165, 1.54) is 11.3 Å². The molecule has 1 N–H and O–H groups in total. The molecule has 0 atom stereocenters. The molecule has 5 heteroatoms. The lowest BCUT2D eigenvalue weighted by atomic mass is 10.2. The third kappa shape index (κ3) is 3.26. The van der Waals surface area contributed by atoms with E-state index in [9.17, 15) is 0 Å². The summed E-state index contributed by atoms with van der Waals surface area (Å²) in [6.07, 6.45) is 1.16. The van der Waals surface area contributed by atoms with Crippen LogP contribution in [0.2, 0.25) is 0 Å². The van der Waals surface area contributed by atoms with E-state index in [0.717, 1.165) is 42.4 Å². The predicted octanol–water partition coefficient (Wildman–Crippen LogP) is 3.12. The number of nitrogens with zero attached hydrogens (tertiary/aromatic N) is 1. The van der Waals surface area contributed by atoms with Crippen molar-refractivity contribution in [2.24, 2.45) is 0 Å². The molecule has 0 saturated carbocycles. The Bertz CT molecular complexity index is 692. The number of benzene rings is 2. The van der Waals surface area contributed by atoms with E-state index in [0.29, 0.717) is 13.2 Å². The Morgan fingerprint density at radius 3 is 2.87 bits per heavy atom. The molecule has 4 nitrogen and oxygen atoms in total. The van der Waals surface area contributed by atoms with Crippen LogP contribution in [0.25, 0.3) is 0 Å². The molecule has 2 aliphatic rings. The first-order valence-corrected chi connectivity index (χ1v) is 8.84. The Balaban J connectivity index is 1.28. The summed E-state index contributed by atoms with van der Waals surface area (Å²) in [5, 5.41) is 0. The van der Waals surface area contributed by atoms with Gasteiger partial charge in [0, 0.05) is 30.2 Å². The van der Waals surface area contributed by atoms with Gasteiger partial charge >= 0.3 is 0 Å². The summed E-state index contributed by atoms with van der Waals surface area (Å²) < 4.78 is 14.6. The zero-order valence-electron chi connectivity index (χ0n) is 13.0. The van der Waals surface area contributed by atoms with Crippen molar-refractivity contribution in [3.05, 3.63) is 48.0 Å². The van der Waals surface area contributed by atoms with Crippen molar-refractivity contribution in [2.75, 3.05) is 37.7 Å². The quantitative estimate of drug-likeness (QED) is 0.674. The second kappa shape index (κ2) is 6.72. The minimum atomic E-state index is 0.628. The van der Waals surface area contributed by atoms with Gasteiger partial charge in [0.25, 0.3) is 0 Å². The summed E-state index contributed by atoms with van der Waals surface area (Å²) in [4.78, 5) is 3.60. The fourth-order valence-electron chi connectivity index (χ4n) is 3.04. The molecule has 0 aliphatic carbocycles. The van der Waals surface area contributed by atoms with Gasteiger partial charge in [-0.1, -0.05) is 18.2 Å². The second-order valence-electron chi connectivity index (χ2n) is 5.67. The number of hydrogen-bond acceptors (Lipinski definition) is 5. The van der Waals surface area contributed by atoms with Crippen LogP contribution in [0, 0.1) is 0 Å². The Kier molecular flexibility index (Phi) is 4.30. The lowest BCUT2D eigenvalue weighted by Gasteiger charge is -2.20. The van der Waals surface area contributed by atoms with Gasteiger partial charge in [0.05, 0.1) is 0 Å². The average Bonchev–Trinajstić information content (AvgIpc) is 3.02. The van der Waals surface area contributed by atoms with Gasteiger partial charge in [-0.05, 0) is 48.2 Å². The van der Waals surface area contributed by atoms with E-state index in [1.807, 2.05) is 12.1 Å². The van der Waals surface area contributed by atoms with Crippen molar-refractivity contribution in [1.29, 1.82) is 0 Å². The van der Waals surface area contributed by atoms with Crippen molar-refractivity contribution in [1.82, 2.24) is 4.72 Å². The number of ether oxygens (including phenoxy) is 2. The van der Waals surface area contributed by atoms with E-state index in [4.69, 9.17) is 9.47 Å². The monoisotopic (exact) mass is 328 g/mol. The molecular weight excluding hydrogens is 308 g/mol. The van der Waals surface area contributed by atoms with Gasteiger partial charge in [-0.25, -0.2) is 0 Å². The molecular formula is C18H20N2O2S. The van der Waals surface area contributed by atoms with Crippen LogP contribution >= 0.6 is 11.9 Å². The Labute approximate surface area is 140 Å². The lowest BCUT2D eigenvalue weighted by Crippen LogP contribution is -2.28. The molecule has 0 spiro atoms. The van der Waals surface area contributed by atoms with Crippen molar-refractivity contribution < 1.29 is 9.47 Å². The minimum absolute atomic E-state index is 0.628. The highest BCUT2D eigenvalue weighted by Crippen LogP contribution is 2.33. The van der Waals surface area contributed by atoms with E-state index in [2.05, 4.69) is 40.0 Å². The van der Waals surface area contributed by atoms with Crippen LogP contribution in [0.3, 0.4) is 0 Å². The zero-order valence-corrected chi connectivity index (χ0v) is 13.8. The Morgan fingerprint density at radius 1 is 1.04 bits per heavy atom. The van der Waals surface area contributed by atoms with Gasteiger partial charge in [0.1, 0.15) is 13.2 Å². The average molecular weight is 328 g/mol. The molecule has 0 saturated heterocycles. The first kappa shape index (κ1) is 14.7. The van der Waals surface area contributed by atoms with E-state index in [1.54, 1.807) is 11.9 Å². The first-order chi connectivity index (χ1) is 11.4. The number of anilines is 1. The largest absolute Gasteiger partial charge is 0.486 e. The first-order valence-electron chi connectivity index (χ1n) is 8.02. The van der Waals surface area contributed by atoms with Crippen molar-refractivity contribution >= 4 is 17.6 Å². The van der Waals surface area contributed by atoms with Gasteiger partial charge in [-0.3, -0.25) is 4.72 Å². The van der Waals surface area contributed by atoms with E-state index < -0.39 is 0 Å². The summed E-state index contributed by atoms with van der Waals surface area (Å²) in [5.41, 5.74) is 2.85. The molecule has 2 aromatic rings. The van der Waals surface area contributed by atoms with Gasteiger partial charge < -0.3 is 14.4 Å². The number of hydrogen-bond donors (Lipinski definition) is 1. The molecule has 23 heavy (non-hydrogen) atoms. The Hall–Kier alpha value is -1.85. The number of fused-ring (bicyclic) bond motifs is 2. The second-order valence-corrected chi connectivity index (χ2v) is 6.63. The molecule has 2 aromatic carbocycles. The Morgan fingerprint density at radius 2 is 1.91 bits per heavy atom. The van der Waals surface area contributed by atoms with Crippen LogP contribution in [0.15, 0.2) is 47.4 Å². The fraction of sp³-hybridized carbons (Fsp3) is 0.333. The molecule has 0 bridgehead atoms. The summed E-state index contributed by atoms with van der Waals surface area (Å²) in [6.45, 7) is 4.34. The number of nitrogens with one attached hydrogen (secondary N) is 1. The fourth-order valence-corrected chi connectivity index (χ4v) is 3.70.